The zero-order valence-corrected chi connectivity index (χ0v) is 11.2. The minimum absolute atomic E-state index is 0.370. The van der Waals surface area contributed by atoms with Crippen molar-refractivity contribution in [2.45, 2.75) is 38.1 Å². The number of carboxylic acid groups (broad SMARTS) is 1. The van der Waals surface area contributed by atoms with E-state index in [1.54, 1.807) is 0 Å². The molecule has 1 aliphatic carbocycles. The molecule has 0 atom stereocenters. The molecule has 1 aromatic rings. The Balaban J connectivity index is 2.19. The second-order valence-electron chi connectivity index (χ2n) is 5.14. The predicted molar refractivity (Wildman–Crippen MR) is 70.2 cm³/mol. The Morgan fingerprint density at radius 3 is 2.74 bits per heavy atom. The lowest BCUT2D eigenvalue weighted by molar-refractivity contribution is -0.143. The van der Waals surface area contributed by atoms with Crippen LogP contribution in [0.3, 0.4) is 0 Å². The highest BCUT2D eigenvalue weighted by atomic mass is 16.5. The summed E-state index contributed by atoms with van der Waals surface area (Å²) < 4.78 is 4.99. The van der Waals surface area contributed by atoms with E-state index in [1.807, 2.05) is 0 Å². The molecule has 0 amide bonds. The summed E-state index contributed by atoms with van der Waals surface area (Å²) in [5, 5.41) is 12.6. The molecule has 0 saturated heterocycles. The number of ether oxygens (including phenoxy) is 1. The van der Waals surface area contributed by atoms with E-state index in [0.29, 0.717) is 30.5 Å². The average molecular weight is 265 g/mol. The van der Waals surface area contributed by atoms with E-state index in [2.05, 4.69) is 22.2 Å². The molecule has 2 N–H and O–H groups in total. The maximum atomic E-state index is 11.6. The molecule has 1 fully saturated rings. The van der Waals surface area contributed by atoms with E-state index in [4.69, 9.17) is 4.74 Å². The summed E-state index contributed by atoms with van der Waals surface area (Å²) in [4.78, 5) is 19.8. The molecular formula is C13H19N3O3. The fraction of sp³-hybridized carbons (Fsp3) is 0.615. The van der Waals surface area contributed by atoms with Crippen LogP contribution in [0.1, 0.15) is 32.6 Å². The number of carboxylic acids is 1. The number of aromatic nitrogens is 2. The van der Waals surface area contributed by atoms with E-state index < -0.39 is 11.5 Å². The highest BCUT2D eigenvalue weighted by molar-refractivity contribution is 5.82. The number of hydrogen-bond donors (Lipinski definition) is 2. The van der Waals surface area contributed by atoms with Crippen LogP contribution in [0.25, 0.3) is 0 Å². The average Bonchev–Trinajstić information content (AvgIpc) is 2.41. The van der Waals surface area contributed by atoms with Gasteiger partial charge in [0, 0.05) is 0 Å². The van der Waals surface area contributed by atoms with E-state index in [-0.39, 0.29) is 0 Å². The molecule has 1 aliphatic rings. The van der Waals surface area contributed by atoms with Gasteiger partial charge in [0.25, 0.3) is 0 Å². The van der Waals surface area contributed by atoms with E-state index in [1.165, 1.54) is 19.5 Å². The first-order valence-electron chi connectivity index (χ1n) is 6.43. The summed E-state index contributed by atoms with van der Waals surface area (Å²) in [7, 11) is 1.50. The highest BCUT2D eigenvalue weighted by Crippen LogP contribution is 2.34. The Kier molecular flexibility index (Phi) is 3.87. The first kappa shape index (κ1) is 13.6. The van der Waals surface area contributed by atoms with Gasteiger partial charge in [-0.2, -0.15) is 4.98 Å². The molecule has 1 aromatic heterocycles. The summed E-state index contributed by atoms with van der Waals surface area (Å²) in [6.45, 7) is 2.15. The second kappa shape index (κ2) is 5.42. The topological polar surface area (TPSA) is 84.3 Å². The van der Waals surface area contributed by atoms with Crippen molar-refractivity contribution >= 4 is 11.8 Å². The number of nitrogens with one attached hydrogen (secondary N) is 1. The van der Waals surface area contributed by atoms with Crippen molar-refractivity contribution in [3.05, 3.63) is 12.4 Å². The molecule has 19 heavy (non-hydrogen) atoms. The Bertz CT molecular complexity index is 456. The van der Waals surface area contributed by atoms with E-state index in [0.717, 1.165) is 12.8 Å². The molecule has 0 bridgehead atoms. The zero-order valence-electron chi connectivity index (χ0n) is 11.2. The lowest BCUT2D eigenvalue weighted by Gasteiger charge is -2.36. The molecule has 6 nitrogen and oxygen atoms in total. The Hall–Kier alpha value is -1.85. The zero-order chi connectivity index (χ0) is 13.9. The molecule has 0 spiro atoms. The summed E-state index contributed by atoms with van der Waals surface area (Å²) >= 11 is 0. The number of rotatable bonds is 4. The minimum Gasteiger partial charge on any atom is -0.480 e. The number of anilines is 1. The lowest BCUT2D eigenvalue weighted by atomic mass is 9.77. The van der Waals surface area contributed by atoms with Crippen LogP contribution in [0.15, 0.2) is 12.4 Å². The smallest absolute Gasteiger partial charge is 0.329 e. The fourth-order valence-corrected chi connectivity index (χ4v) is 2.40. The summed E-state index contributed by atoms with van der Waals surface area (Å²) in [5.41, 5.74) is -0.937. The van der Waals surface area contributed by atoms with Crippen LogP contribution in [-0.4, -0.2) is 33.7 Å². The van der Waals surface area contributed by atoms with Gasteiger partial charge in [-0.15, -0.1) is 0 Å². The third-order valence-corrected chi connectivity index (χ3v) is 3.73. The van der Waals surface area contributed by atoms with Crippen molar-refractivity contribution in [3.8, 4) is 5.88 Å². The van der Waals surface area contributed by atoms with Crippen molar-refractivity contribution in [3.63, 3.8) is 0 Å². The van der Waals surface area contributed by atoms with Crippen molar-refractivity contribution in [2.75, 3.05) is 12.4 Å². The summed E-state index contributed by atoms with van der Waals surface area (Å²) in [6, 6.07) is 0. The summed E-state index contributed by atoms with van der Waals surface area (Å²) in [5.74, 6) is 0.556. The molecule has 1 saturated carbocycles. The van der Waals surface area contributed by atoms with Crippen molar-refractivity contribution in [1.29, 1.82) is 0 Å². The lowest BCUT2D eigenvalue weighted by Crippen LogP contribution is -2.49. The number of hydrogen-bond acceptors (Lipinski definition) is 5. The third-order valence-electron chi connectivity index (χ3n) is 3.73. The van der Waals surface area contributed by atoms with Crippen LogP contribution in [0.2, 0.25) is 0 Å². The Morgan fingerprint density at radius 2 is 2.16 bits per heavy atom. The molecule has 0 unspecified atom stereocenters. The van der Waals surface area contributed by atoms with Gasteiger partial charge in [-0.1, -0.05) is 6.92 Å². The first-order chi connectivity index (χ1) is 9.05. The monoisotopic (exact) mass is 265 g/mol. The van der Waals surface area contributed by atoms with E-state index >= 15 is 0 Å². The number of nitrogens with zero attached hydrogens (tertiary/aromatic N) is 2. The quantitative estimate of drug-likeness (QED) is 0.865. The van der Waals surface area contributed by atoms with Gasteiger partial charge >= 0.3 is 5.97 Å². The van der Waals surface area contributed by atoms with Gasteiger partial charge in [-0.05, 0) is 31.6 Å². The fourth-order valence-electron chi connectivity index (χ4n) is 2.40. The molecule has 2 rings (SSSR count). The van der Waals surface area contributed by atoms with Gasteiger partial charge in [0.1, 0.15) is 11.4 Å². The van der Waals surface area contributed by atoms with Crippen LogP contribution in [0, 0.1) is 5.92 Å². The van der Waals surface area contributed by atoms with Gasteiger partial charge in [0.05, 0.1) is 19.5 Å². The Labute approximate surface area is 112 Å². The molecule has 6 heteroatoms. The van der Waals surface area contributed by atoms with Gasteiger partial charge in [-0.25, -0.2) is 4.79 Å². The first-order valence-corrected chi connectivity index (χ1v) is 6.43. The van der Waals surface area contributed by atoms with Gasteiger partial charge in [0.15, 0.2) is 0 Å². The second-order valence-corrected chi connectivity index (χ2v) is 5.14. The van der Waals surface area contributed by atoms with Crippen LogP contribution in [0.5, 0.6) is 5.88 Å². The van der Waals surface area contributed by atoms with Crippen molar-refractivity contribution in [1.82, 2.24) is 9.97 Å². The normalized spacial score (nSPS) is 26.7. The third kappa shape index (κ3) is 2.94. The number of aliphatic carboxylic acids is 1. The predicted octanol–water partition coefficient (Wildman–Crippen LogP) is 1.93. The van der Waals surface area contributed by atoms with Gasteiger partial charge < -0.3 is 15.2 Å². The molecule has 0 aliphatic heterocycles. The molecule has 1 heterocycles. The summed E-state index contributed by atoms with van der Waals surface area (Å²) in [6.07, 6.45) is 6.00. The van der Waals surface area contributed by atoms with E-state index in [9.17, 15) is 9.90 Å². The van der Waals surface area contributed by atoms with Crippen molar-refractivity contribution < 1.29 is 14.6 Å². The highest BCUT2D eigenvalue weighted by Gasteiger charge is 2.41. The molecule has 104 valence electrons. The maximum Gasteiger partial charge on any atom is 0.329 e. The molecule has 0 aromatic carbocycles. The van der Waals surface area contributed by atoms with Crippen LogP contribution in [-0.2, 0) is 4.79 Å². The van der Waals surface area contributed by atoms with Crippen LogP contribution >= 0.6 is 0 Å². The van der Waals surface area contributed by atoms with Gasteiger partial charge in [0.2, 0.25) is 5.88 Å². The minimum atomic E-state index is -0.937. The van der Waals surface area contributed by atoms with Crippen LogP contribution < -0.4 is 10.1 Å². The van der Waals surface area contributed by atoms with Crippen LogP contribution in [0.4, 0.5) is 5.82 Å². The Morgan fingerprint density at radius 1 is 1.47 bits per heavy atom. The maximum absolute atomic E-state index is 11.6. The number of carbonyl (C=O) groups is 1. The van der Waals surface area contributed by atoms with Crippen molar-refractivity contribution in [2.24, 2.45) is 5.92 Å². The largest absolute Gasteiger partial charge is 0.480 e. The SMILES string of the molecule is COc1cncc(NC2(C(=O)O)CCC(C)CC2)n1. The van der Waals surface area contributed by atoms with Gasteiger partial charge in [-0.3, -0.25) is 4.98 Å². The molecule has 0 radical (unpaired) electrons. The molecular weight excluding hydrogens is 246 g/mol. The standard InChI is InChI=1S/C13H19N3O3/c1-9-3-5-13(6-4-9,12(17)18)16-10-7-14-8-11(15-10)19-2/h7-9H,3-6H2,1-2H3,(H,15,16)(H,17,18). The number of methoxy groups -OCH3 is 1.